The smallest absolute Gasteiger partial charge is 0.240 e. The molecule has 1 aliphatic rings. The SMILES string of the molecule is Cc1cc2c(cc1-c1noc(CN)n1)OCC(C)(C)CO2. The lowest BCUT2D eigenvalue weighted by Crippen LogP contribution is -2.26. The molecule has 0 saturated heterocycles. The summed E-state index contributed by atoms with van der Waals surface area (Å²) in [7, 11) is 0. The van der Waals surface area contributed by atoms with Gasteiger partial charge in [-0.3, -0.25) is 0 Å². The molecular formula is C15H19N3O3. The zero-order valence-electron chi connectivity index (χ0n) is 12.5. The third-order valence-electron chi connectivity index (χ3n) is 3.41. The van der Waals surface area contributed by atoms with Crippen LogP contribution in [0, 0.1) is 12.3 Å². The molecule has 2 heterocycles. The van der Waals surface area contributed by atoms with E-state index in [2.05, 4.69) is 24.0 Å². The lowest BCUT2D eigenvalue weighted by molar-refractivity contribution is 0.140. The number of hydrogen-bond acceptors (Lipinski definition) is 6. The summed E-state index contributed by atoms with van der Waals surface area (Å²) < 4.78 is 16.8. The average molecular weight is 289 g/mol. The monoisotopic (exact) mass is 289 g/mol. The van der Waals surface area contributed by atoms with Gasteiger partial charge < -0.3 is 19.7 Å². The van der Waals surface area contributed by atoms with E-state index in [0.717, 1.165) is 16.9 Å². The molecule has 0 unspecified atom stereocenters. The Balaban J connectivity index is 1.99. The molecule has 2 aromatic rings. The first-order valence-electron chi connectivity index (χ1n) is 6.92. The molecular weight excluding hydrogens is 270 g/mol. The Morgan fingerprint density at radius 2 is 1.86 bits per heavy atom. The number of ether oxygens (including phenoxy) is 2. The molecule has 21 heavy (non-hydrogen) atoms. The van der Waals surface area contributed by atoms with Crippen molar-refractivity contribution in [3.63, 3.8) is 0 Å². The van der Waals surface area contributed by atoms with Crippen molar-refractivity contribution in [1.29, 1.82) is 0 Å². The van der Waals surface area contributed by atoms with Gasteiger partial charge in [-0.1, -0.05) is 19.0 Å². The number of nitrogens with zero attached hydrogens (tertiary/aromatic N) is 2. The van der Waals surface area contributed by atoms with E-state index in [1.54, 1.807) is 0 Å². The Morgan fingerprint density at radius 3 is 2.48 bits per heavy atom. The number of rotatable bonds is 2. The lowest BCUT2D eigenvalue weighted by atomic mass is 9.97. The number of aromatic nitrogens is 2. The molecule has 1 aliphatic heterocycles. The van der Waals surface area contributed by atoms with E-state index < -0.39 is 0 Å². The van der Waals surface area contributed by atoms with Crippen LogP contribution in [0.1, 0.15) is 25.3 Å². The van der Waals surface area contributed by atoms with Crippen LogP contribution in [-0.4, -0.2) is 23.4 Å². The summed E-state index contributed by atoms with van der Waals surface area (Å²) >= 11 is 0. The molecule has 0 amide bonds. The number of hydrogen-bond donors (Lipinski definition) is 1. The van der Waals surface area contributed by atoms with Crippen molar-refractivity contribution < 1.29 is 14.0 Å². The second-order valence-corrected chi connectivity index (χ2v) is 6.07. The van der Waals surface area contributed by atoms with Crippen molar-refractivity contribution in [2.24, 2.45) is 11.1 Å². The molecule has 0 radical (unpaired) electrons. The highest BCUT2D eigenvalue weighted by molar-refractivity contribution is 5.65. The molecule has 6 heteroatoms. The molecule has 0 atom stereocenters. The summed E-state index contributed by atoms with van der Waals surface area (Å²) in [6, 6.07) is 3.85. The van der Waals surface area contributed by atoms with Crippen molar-refractivity contribution in [2.45, 2.75) is 27.3 Å². The first-order chi connectivity index (χ1) is 9.98. The van der Waals surface area contributed by atoms with Gasteiger partial charge in [0.15, 0.2) is 11.5 Å². The van der Waals surface area contributed by atoms with E-state index in [0.29, 0.717) is 30.7 Å². The molecule has 0 aliphatic carbocycles. The maximum Gasteiger partial charge on any atom is 0.240 e. The Morgan fingerprint density at radius 1 is 1.19 bits per heavy atom. The molecule has 1 aromatic carbocycles. The van der Waals surface area contributed by atoms with Gasteiger partial charge in [-0.05, 0) is 24.6 Å². The van der Waals surface area contributed by atoms with Crippen molar-refractivity contribution in [3.05, 3.63) is 23.6 Å². The summed E-state index contributed by atoms with van der Waals surface area (Å²) in [6.45, 7) is 7.65. The van der Waals surface area contributed by atoms with Crippen LogP contribution < -0.4 is 15.2 Å². The number of fused-ring (bicyclic) bond motifs is 1. The second-order valence-electron chi connectivity index (χ2n) is 6.07. The Hall–Kier alpha value is -2.08. The molecule has 0 spiro atoms. The van der Waals surface area contributed by atoms with Crippen molar-refractivity contribution in [2.75, 3.05) is 13.2 Å². The summed E-state index contributed by atoms with van der Waals surface area (Å²) in [5, 5.41) is 3.96. The van der Waals surface area contributed by atoms with Crippen LogP contribution in [0.25, 0.3) is 11.4 Å². The third-order valence-corrected chi connectivity index (χ3v) is 3.41. The van der Waals surface area contributed by atoms with Gasteiger partial charge in [-0.2, -0.15) is 4.98 Å². The number of aryl methyl sites for hydroxylation is 1. The summed E-state index contributed by atoms with van der Waals surface area (Å²) in [6.07, 6.45) is 0. The molecule has 0 fully saturated rings. The van der Waals surface area contributed by atoms with Crippen LogP contribution in [0.4, 0.5) is 0 Å². The standard InChI is InChI=1S/C15H19N3O3/c1-9-4-11-12(20-8-15(2,3)7-19-11)5-10(9)14-17-13(6-16)21-18-14/h4-5H,6-8,16H2,1-3H3. The zero-order valence-corrected chi connectivity index (χ0v) is 12.5. The molecule has 0 bridgehead atoms. The highest BCUT2D eigenvalue weighted by Gasteiger charge is 2.26. The fourth-order valence-corrected chi connectivity index (χ4v) is 2.16. The predicted molar refractivity (Wildman–Crippen MR) is 77.1 cm³/mol. The molecule has 2 N–H and O–H groups in total. The van der Waals surface area contributed by atoms with Gasteiger partial charge in [0.1, 0.15) is 0 Å². The van der Waals surface area contributed by atoms with Gasteiger partial charge in [0.25, 0.3) is 0 Å². The van der Waals surface area contributed by atoms with Crippen LogP contribution in [0.15, 0.2) is 16.7 Å². The van der Waals surface area contributed by atoms with Gasteiger partial charge in [0.2, 0.25) is 11.7 Å². The summed E-state index contributed by atoms with van der Waals surface area (Å²) in [5.41, 5.74) is 7.34. The topological polar surface area (TPSA) is 83.4 Å². The van der Waals surface area contributed by atoms with Crippen molar-refractivity contribution >= 4 is 0 Å². The molecule has 112 valence electrons. The highest BCUT2D eigenvalue weighted by Crippen LogP contribution is 2.38. The largest absolute Gasteiger partial charge is 0.489 e. The number of benzene rings is 1. The van der Waals surface area contributed by atoms with E-state index in [-0.39, 0.29) is 12.0 Å². The van der Waals surface area contributed by atoms with Crippen LogP contribution in [0.3, 0.4) is 0 Å². The summed E-state index contributed by atoms with van der Waals surface area (Å²) in [4.78, 5) is 4.26. The first-order valence-corrected chi connectivity index (χ1v) is 6.92. The average Bonchev–Trinajstić information content (AvgIpc) is 2.87. The van der Waals surface area contributed by atoms with Gasteiger partial charge in [0, 0.05) is 11.0 Å². The predicted octanol–water partition coefficient (Wildman–Crippen LogP) is 2.30. The van der Waals surface area contributed by atoms with Gasteiger partial charge in [-0.15, -0.1) is 0 Å². The molecule has 0 saturated carbocycles. The molecule has 1 aromatic heterocycles. The highest BCUT2D eigenvalue weighted by atomic mass is 16.5. The van der Waals surface area contributed by atoms with Crippen LogP contribution in [-0.2, 0) is 6.54 Å². The first kappa shape index (κ1) is 13.9. The third kappa shape index (κ3) is 2.71. The normalized spacial score (nSPS) is 16.6. The van der Waals surface area contributed by atoms with Gasteiger partial charge in [0.05, 0.1) is 19.8 Å². The quantitative estimate of drug-likeness (QED) is 0.913. The van der Waals surface area contributed by atoms with Crippen LogP contribution in [0.5, 0.6) is 11.5 Å². The Kier molecular flexibility index (Phi) is 3.33. The van der Waals surface area contributed by atoms with E-state index in [1.807, 2.05) is 19.1 Å². The zero-order chi connectivity index (χ0) is 15.0. The minimum absolute atomic E-state index is 0.0219. The van der Waals surface area contributed by atoms with Crippen molar-refractivity contribution in [3.8, 4) is 22.9 Å². The minimum atomic E-state index is -0.0219. The van der Waals surface area contributed by atoms with Crippen LogP contribution >= 0.6 is 0 Å². The van der Waals surface area contributed by atoms with Gasteiger partial charge in [-0.25, -0.2) is 0 Å². The fraction of sp³-hybridized carbons (Fsp3) is 0.467. The lowest BCUT2D eigenvalue weighted by Gasteiger charge is -2.19. The van der Waals surface area contributed by atoms with E-state index in [4.69, 9.17) is 19.7 Å². The Labute approximate surface area is 123 Å². The maximum absolute atomic E-state index is 5.88. The molecule has 6 nitrogen and oxygen atoms in total. The Bertz CT molecular complexity index is 664. The molecule has 3 rings (SSSR count). The fourth-order valence-electron chi connectivity index (χ4n) is 2.16. The maximum atomic E-state index is 5.88. The minimum Gasteiger partial charge on any atom is -0.489 e. The van der Waals surface area contributed by atoms with E-state index >= 15 is 0 Å². The van der Waals surface area contributed by atoms with Crippen LogP contribution in [0.2, 0.25) is 0 Å². The second kappa shape index (κ2) is 5.04. The number of nitrogens with two attached hydrogens (primary N) is 1. The van der Waals surface area contributed by atoms with E-state index in [1.165, 1.54) is 0 Å². The van der Waals surface area contributed by atoms with Crippen molar-refractivity contribution in [1.82, 2.24) is 10.1 Å². The van der Waals surface area contributed by atoms with E-state index in [9.17, 15) is 0 Å². The van der Waals surface area contributed by atoms with Gasteiger partial charge >= 0.3 is 0 Å². The summed E-state index contributed by atoms with van der Waals surface area (Å²) in [5.74, 6) is 2.39.